The largest absolute Gasteiger partial charge is 0.495 e. The van der Waals surface area contributed by atoms with Crippen LogP contribution in [0.25, 0.3) is 5.57 Å². The molecule has 2 aromatic carbocycles. The van der Waals surface area contributed by atoms with Gasteiger partial charge < -0.3 is 18.9 Å². The first kappa shape index (κ1) is 22.4. The highest BCUT2D eigenvalue weighted by molar-refractivity contribution is 5.87. The van der Waals surface area contributed by atoms with Crippen LogP contribution in [-0.2, 0) is 4.79 Å². The minimum Gasteiger partial charge on any atom is -0.495 e. The maximum Gasteiger partial charge on any atom is 0.267 e. The first-order chi connectivity index (χ1) is 14.5. The third-order valence-corrected chi connectivity index (χ3v) is 4.20. The zero-order chi connectivity index (χ0) is 22.1. The molecule has 0 fully saturated rings. The van der Waals surface area contributed by atoms with Gasteiger partial charge in [-0.2, -0.15) is 0 Å². The Bertz CT molecular complexity index is 1000. The second-order valence-electron chi connectivity index (χ2n) is 5.89. The number of carbonyl (C=O) groups excluding carboxylic acids is 1. The summed E-state index contributed by atoms with van der Waals surface area (Å²) in [4.78, 5) is 11.0. The summed E-state index contributed by atoms with van der Waals surface area (Å²) in [6.45, 7) is 4.19. The van der Waals surface area contributed by atoms with Gasteiger partial charge in [-0.05, 0) is 47.0 Å². The van der Waals surface area contributed by atoms with Crippen molar-refractivity contribution in [2.45, 2.75) is 0 Å². The lowest BCUT2D eigenvalue weighted by atomic mass is 9.97. The number of methoxy groups -OCH3 is 4. The Balaban J connectivity index is 2.45. The number of hydrogen-bond donors (Lipinski definition) is 2. The Labute approximate surface area is 175 Å². The van der Waals surface area contributed by atoms with Crippen LogP contribution >= 0.6 is 0 Å². The SMILES string of the molecule is C=C(c1ccc(OC)c(C#C/C=C/C(=O)NO)c1)c1cc(OC)c(OC)c(OC)c1. The molecular weight excluding hydrogens is 386 g/mol. The summed E-state index contributed by atoms with van der Waals surface area (Å²) < 4.78 is 21.5. The summed E-state index contributed by atoms with van der Waals surface area (Å²) in [5.41, 5.74) is 4.42. The maximum absolute atomic E-state index is 11.0. The fourth-order valence-electron chi connectivity index (χ4n) is 2.69. The lowest BCUT2D eigenvalue weighted by Crippen LogP contribution is -2.14. The van der Waals surface area contributed by atoms with Crippen LogP contribution in [0.4, 0.5) is 0 Å². The summed E-state index contributed by atoms with van der Waals surface area (Å²) in [5, 5.41) is 8.49. The number of carbonyl (C=O) groups is 1. The molecule has 0 atom stereocenters. The van der Waals surface area contributed by atoms with Gasteiger partial charge in [0.1, 0.15) is 5.75 Å². The zero-order valence-electron chi connectivity index (χ0n) is 17.2. The third kappa shape index (κ3) is 5.13. The molecule has 2 aromatic rings. The molecule has 2 N–H and O–H groups in total. The Morgan fingerprint density at radius 2 is 1.60 bits per heavy atom. The van der Waals surface area contributed by atoms with Crippen LogP contribution in [0.1, 0.15) is 16.7 Å². The van der Waals surface area contributed by atoms with Crippen LogP contribution in [0.3, 0.4) is 0 Å². The summed E-state index contributed by atoms with van der Waals surface area (Å²) in [6.07, 6.45) is 2.43. The van der Waals surface area contributed by atoms with Gasteiger partial charge in [0.05, 0.1) is 34.0 Å². The van der Waals surface area contributed by atoms with Gasteiger partial charge in [-0.3, -0.25) is 10.0 Å². The fourth-order valence-corrected chi connectivity index (χ4v) is 2.69. The summed E-state index contributed by atoms with van der Waals surface area (Å²) in [5.74, 6) is 7.10. The highest BCUT2D eigenvalue weighted by Crippen LogP contribution is 2.41. The highest BCUT2D eigenvalue weighted by Gasteiger charge is 2.16. The van der Waals surface area contributed by atoms with Crippen LogP contribution in [-0.4, -0.2) is 39.6 Å². The minimum atomic E-state index is -0.666. The number of nitrogens with one attached hydrogen (secondary N) is 1. The predicted octanol–water partition coefficient (Wildman–Crippen LogP) is 3.20. The lowest BCUT2D eigenvalue weighted by Gasteiger charge is -2.16. The molecule has 0 saturated carbocycles. The number of hydrogen-bond acceptors (Lipinski definition) is 6. The van der Waals surface area contributed by atoms with E-state index >= 15 is 0 Å². The van der Waals surface area contributed by atoms with E-state index in [2.05, 4.69) is 18.4 Å². The molecule has 156 valence electrons. The van der Waals surface area contributed by atoms with E-state index in [1.54, 1.807) is 34.5 Å². The van der Waals surface area contributed by atoms with Crippen molar-refractivity contribution in [2.75, 3.05) is 28.4 Å². The number of hydroxylamine groups is 1. The Hall–Kier alpha value is -3.89. The predicted molar refractivity (Wildman–Crippen MR) is 113 cm³/mol. The van der Waals surface area contributed by atoms with Crippen molar-refractivity contribution >= 4 is 11.5 Å². The molecule has 0 aromatic heterocycles. The van der Waals surface area contributed by atoms with Crippen LogP contribution in [0.15, 0.2) is 49.1 Å². The molecule has 0 saturated heterocycles. The molecule has 0 heterocycles. The zero-order valence-corrected chi connectivity index (χ0v) is 17.2. The lowest BCUT2D eigenvalue weighted by molar-refractivity contribution is -0.124. The van der Waals surface area contributed by atoms with Crippen molar-refractivity contribution in [2.24, 2.45) is 0 Å². The second-order valence-corrected chi connectivity index (χ2v) is 5.89. The summed E-state index contributed by atoms with van der Waals surface area (Å²) in [6, 6.07) is 9.11. The maximum atomic E-state index is 11.0. The van der Waals surface area contributed by atoms with Crippen molar-refractivity contribution in [1.82, 2.24) is 5.48 Å². The third-order valence-electron chi connectivity index (χ3n) is 4.20. The van der Waals surface area contributed by atoms with Gasteiger partial charge in [-0.25, -0.2) is 5.48 Å². The quantitative estimate of drug-likeness (QED) is 0.316. The Morgan fingerprint density at radius 1 is 0.967 bits per heavy atom. The van der Waals surface area contributed by atoms with E-state index in [0.29, 0.717) is 28.6 Å². The standard InChI is InChI=1S/C23H23NO6/c1-15(18-13-20(28-3)23(30-5)21(14-18)29-4)16-10-11-19(27-2)17(12-16)8-6-7-9-22(25)24-26/h7,9-14,26H,1H2,2-5H3,(H,24,25)/b9-7+. The topological polar surface area (TPSA) is 86.3 Å². The van der Waals surface area contributed by atoms with Crippen LogP contribution < -0.4 is 24.4 Å². The molecule has 0 aliphatic carbocycles. The number of benzene rings is 2. The Morgan fingerprint density at radius 3 is 2.13 bits per heavy atom. The van der Waals surface area contributed by atoms with Crippen LogP contribution in [0.2, 0.25) is 0 Å². The number of rotatable bonds is 7. The molecule has 0 unspecified atom stereocenters. The van der Waals surface area contributed by atoms with E-state index < -0.39 is 5.91 Å². The molecule has 0 aliphatic heterocycles. The molecule has 0 spiro atoms. The number of allylic oxidation sites excluding steroid dienone is 1. The van der Waals surface area contributed by atoms with Gasteiger partial charge in [-0.1, -0.05) is 24.5 Å². The van der Waals surface area contributed by atoms with Crippen molar-refractivity contribution in [3.8, 4) is 34.8 Å². The van der Waals surface area contributed by atoms with E-state index in [1.807, 2.05) is 24.3 Å². The van der Waals surface area contributed by atoms with Gasteiger partial charge in [0.25, 0.3) is 5.91 Å². The first-order valence-electron chi connectivity index (χ1n) is 8.78. The Kier molecular flexibility index (Phi) is 7.91. The number of ether oxygens (including phenoxy) is 4. The highest BCUT2D eigenvalue weighted by atomic mass is 16.5. The molecule has 7 nitrogen and oxygen atoms in total. The van der Waals surface area contributed by atoms with E-state index in [1.165, 1.54) is 11.6 Å². The van der Waals surface area contributed by atoms with Crippen LogP contribution in [0.5, 0.6) is 23.0 Å². The molecule has 7 heteroatoms. The molecule has 0 radical (unpaired) electrons. The van der Waals surface area contributed by atoms with Gasteiger partial charge >= 0.3 is 0 Å². The fraction of sp³-hybridized carbons (Fsp3) is 0.174. The molecule has 1 amide bonds. The second kappa shape index (κ2) is 10.6. The first-order valence-corrected chi connectivity index (χ1v) is 8.78. The molecular formula is C23H23NO6. The minimum absolute atomic E-state index is 0.497. The molecule has 0 aliphatic rings. The monoisotopic (exact) mass is 409 g/mol. The van der Waals surface area contributed by atoms with Crippen molar-refractivity contribution in [3.05, 3.63) is 65.8 Å². The number of amides is 1. The average molecular weight is 409 g/mol. The van der Waals surface area contributed by atoms with Gasteiger partial charge in [0.2, 0.25) is 5.75 Å². The van der Waals surface area contributed by atoms with E-state index in [9.17, 15) is 4.79 Å². The normalized spacial score (nSPS) is 10.0. The molecule has 0 bridgehead atoms. The van der Waals surface area contributed by atoms with Gasteiger partial charge in [0.15, 0.2) is 11.5 Å². The smallest absolute Gasteiger partial charge is 0.267 e. The van der Waals surface area contributed by atoms with Crippen LogP contribution in [0, 0.1) is 11.8 Å². The average Bonchev–Trinajstić information content (AvgIpc) is 2.79. The van der Waals surface area contributed by atoms with Gasteiger partial charge in [-0.15, -0.1) is 0 Å². The van der Waals surface area contributed by atoms with Gasteiger partial charge in [0, 0.05) is 6.08 Å². The van der Waals surface area contributed by atoms with E-state index in [4.69, 9.17) is 24.2 Å². The van der Waals surface area contributed by atoms with Crippen molar-refractivity contribution in [1.29, 1.82) is 0 Å². The van der Waals surface area contributed by atoms with Crippen molar-refractivity contribution in [3.63, 3.8) is 0 Å². The van der Waals surface area contributed by atoms with E-state index in [0.717, 1.165) is 22.8 Å². The summed E-state index contributed by atoms with van der Waals surface area (Å²) in [7, 11) is 6.19. The molecule has 30 heavy (non-hydrogen) atoms. The molecule has 2 rings (SSSR count). The van der Waals surface area contributed by atoms with Crippen molar-refractivity contribution < 1.29 is 28.9 Å². The van der Waals surface area contributed by atoms with E-state index in [-0.39, 0.29) is 0 Å². The summed E-state index contributed by atoms with van der Waals surface area (Å²) >= 11 is 0.